The zero-order valence-corrected chi connectivity index (χ0v) is 16.5. The summed E-state index contributed by atoms with van der Waals surface area (Å²) in [5, 5.41) is 2.86. The molecule has 146 valence electrons. The summed E-state index contributed by atoms with van der Waals surface area (Å²) in [6.45, 7) is 2.37. The van der Waals surface area contributed by atoms with Crippen LogP contribution in [0.5, 0.6) is 0 Å². The van der Waals surface area contributed by atoms with E-state index in [1.807, 2.05) is 6.92 Å². The molecule has 0 aliphatic heterocycles. The molecule has 7 heteroatoms. The summed E-state index contributed by atoms with van der Waals surface area (Å²) in [5.74, 6) is -0.0368. The van der Waals surface area contributed by atoms with Crippen LogP contribution in [0.15, 0.2) is 29.2 Å². The Labute approximate surface area is 156 Å². The van der Waals surface area contributed by atoms with Gasteiger partial charge < -0.3 is 10.1 Å². The van der Waals surface area contributed by atoms with Crippen molar-refractivity contribution in [1.29, 1.82) is 0 Å². The number of rotatable bonds is 9. The zero-order chi connectivity index (χ0) is 19.0. The van der Waals surface area contributed by atoms with Crippen molar-refractivity contribution in [3.8, 4) is 0 Å². The van der Waals surface area contributed by atoms with Crippen LogP contribution in [0.4, 0.5) is 0 Å². The van der Waals surface area contributed by atoms with Crippen molar-refractivity contribution in [3.05, 3.63) is 29.8 Å². The second kappa shape index (κ2) is 10.0. The molecule has 1 aliphatic carbocycles. The lowest BCUT2D eigenvalue weighted by Crippen LogP contribution is -2.36. The van der Waals surface area contributed by atoms with Gasteiger partial charge in [0.2, 0.25) is 15.9 Å². The maximum Gasteiger partial charge on any atom is 0.240 e. The largest absolute Gasteiger partial charge is 0.383 e. The van der Waals surface area contributed by atoms with Crippen LogP contribution in [-0.4, -0.2) is 40.1 Å². The maximum absolute atomic E-state index is 12.5. The van der Waals surface area contributed by atoms with Gasteiger partial charge in [0.25, 0.3) is 0 Å². The van der Waals surface area contributed by atoms with Crippen molar-refractivity contribution in [3.63, 3.8) is 0 Å². The Morgan fingerprint density at radius 3 is 2.46 bits per heavy atom. The van der Waals surface area contributed by atoms with Crippen molar-refractivity contribution in [2.75, 3.05) is 13.7 Å². The molecule has 0 unspecified atom stereocenters. The van der Waals surface area contributed by atoms with Gasteiger partial charge in [-0.3, -0.25) is 4.79 Å². The first-order chi connectivity index (χ1) is 12.4. The molecule has 2 N–H and O–H groups in total. The minimum absolute atomic E-state index is 0.0223. The predicted molar refractivity (Wildman–Crippen MR) is 101 cm³/mol. The minimum atomic E-state index is -3.47. The minimum Gasteiger partial charge on any atom is -0.383 e. The van der Waals surface area contributed by atoms with E-state index in [0.29, 0.717) is 19.4 Å². The average molecular weight is 383 g/mol. The van der Waals surface area contributed by atoms with Gasteiger partial charge in [-0.2, -0.15) is 0 Å². The summed E-state index contributed by atoms with van der Waals surface area (Å²) in [6.07, 6.45) is 6.10. The standard InChI is InChI=1S/C19H30N2O4S/c1-15(14-25-2)20-19(22)13-10-16-8-11-18(12-9-16)26(23,24)21-17-6-4-3-5-7-17/h8-9,11-12,15,17,21H,3-7,10,13-14H2,1-2H3,(H,20,22)/t15-/m0/s1. The van der Waals surface area contributed by atoms with Gasteiger partial charge in [0, 0.05) is 25.6 Å². The van der Waals surface area contributed by atoms with Crippen LogP contribution in [0, 0.1) is 0 Å². The molecule has 1 aromatic carbocycles. The van der Waals surface area contributed by atoms with Crippen molar-refractivity contribution in [2.24, 2.45) is 0 Å². The number of hydrogen-bond acceptors (Lipinski definition) is 4. The Kier molecular flexibility index (Phi) is 8.06. The van der Waals surface area contributed by atoms with Crippen molar-refractivity contribution in [1.82, 2.24) is 10.0 Å². The molecule has 0 heterocycles. The van der Waals surface area contributed by atoms with Gasteiger partial charge in [0.1, 0.15) is 0 Å². The number of amides is 1. The molecule has 1 atom stereocenters. The highest BCUT2D eigenvalue weighted by atomic mass is 32.2. The number of ether oxygens (including phenoxy) is 1. The number of aryl methyl sites for hydroxylation is 1. The number of benzene rings is 1. The molecule has 1 fully saturated rings. The van der Waals surface area contributed by atoms with Crippen LogP contribution < -0.4 is 10.0 Å². The molecular formula is C19H30N2O4S. The van der Waals surface area contributed by atoms with Gasteiger partial charge >= 0.3 is 0 Å². The first-order valence-electron chi connectivity index (χ1n) is 9.30. The SMILES string of the molecule is COC[C@H](C)NC(=O)CCc1ccc(S(=O)(=O)NC2CCCCC2)cc1. The third-order valence-electron chi connectivity index (χ3n) is 4.63. The van der Waals surface area contributed by atoms with E-state index >= 15 is 0 Å². The molecule has 2 rings (SSSR count). The van der Waals surface area contributed by atoms with Crippen LogP contribution in [0.2, 0.25) is 0 Å². The second-order valence-electron chi connectivity index (χ2n) is 7.02. The molecule has 26 heavy (non-hydrogen) atoms. The fourth-order valence-electron chi connectivity index (χ4n) is 3.24. The average Bonchev–Trinajstić information content (AvgIpc) is 2.61. The second-order valence-corrected chi connectivity index (χ2v) is 8.74. The van der Waals surface area contributed by atoms with E-state index in [9.17, 15) is 13.2 Å². The van der Waals surface area contributed by atoms with Crippen molar-refractivity contribution < 1.29 is 17.9 Å². The van der Waals surface area contributed by atoms with Crippen molar-refractivity contribution in [2.45, 2.75) is 68.8 Å². The van der Waals surface area contributed by atoms with Gasteiger partial charge in [-0.05, 0) is 43.9 Å². The number of sulfonamides is 1. The first-order valence-corrected chi connectivity index (χ1v) is 10.8. The van der Waals surface area contributed by atoms with E-state index in [1.165, 1.54) is 6.42 Å². The van der Waals surface area contributed by atoms with Crippen LogP contribution >= 0.6 is 0 Å². The summed E-state index contributed by atoms with van der Waals surface area (Å²) < 4.78 is 32.7. The molecule has 1 amide bonds. The van der Waals surface area contributed by atoms with E-state index in [4.69, 9.17) is 4.74 Å². The summed E-state index contributed by atoms with van der Waals surface area (Å²) in [6, 6.07) is 6.82. The molecule has 0 aromatic heterocycles. The van der Waals surface area contributed by atoms with Gasteiger partial charge in [0.05, 0.1) is 11.5 Å². The number of methoxy groups -OCH3 is 1. The van der Waals surface area contributed by atoms with E-state index in [-0.39, 0.29) is 22.9 Å². The van der Waals surface area contributed by atoms with Crippen molar-refractivity contribution >= 4 is 15.9 Å². The molecule has 1 aromatic rings. The molecule has 0 radical (unpaired) electrons. The quantitative estimate of drug-likeness (QED) is 0.687. The Hall–Kier alpha value is -1.44. The molecular weight excluding hydrogens is 352 g/mol. The fourth-order valence-corrected chi connectivity index (χ4v) is 4.54. The van der Waals surface area contributed by atoms with Crippen LogP contribution in [-0.2, 0) is 26.0 Å². The van der Waals surface area contributed by atoms with E-state index in [0.717, 1.165) is 31.2 Å². The molecule has 0 bridgehead atoms. The van der Waals surface area contributed by atoms with Crippen LogP contribution in [0.3, 0.4) is 0 Å². The van der Waals surface area contributed by atoms with Gasteiger partial charge in [0.15, 0.2) is 0 Å². The Morgan fingerprint density at radius 1 is 1.19 bits per heavy atom. The lowest BCUT2D eigenvalue weighted by molar-refractivity contribution is -0.122. The summed E-state index contributed by atoms with van der Waals surface area (Å²) in [4.78, 5) is 12.2. The van der Waals surface area contributed by atoms with Gasteiger partial charge in [-0.1, -0.05) is 31.4 Å². The fraction of sp³-hybridized carbons (Fsp3) is 0.632. The van der Waals surface area contributed by atoms with E-state index in [2.05, 4.69) is 10.0 Å². The highest BCUT2D eigenvalue weighted by Crippen LogP contribution is 2.20. The highest BCUT2D eigenvalue weighted by Gasteiger charge is 2.21. The monoisotopic (exact) mass is 382 g/mol. The van der Waals surface area contributed by atoms with Crippen LogP contribution in [0.25, 0.3) is 0 Å². The van der Waals surface area contributed by atoms with Crippen LogP contribution in [0.1, 0.15) is 51.0 Å². The third kappa shape index (κ3) is 6.70. The normalized spacial score (nSPS) is 17.0. The summed E-state index contributed by atoms with van der Waals surface area (Å²) in [5.41, 5.74) is 0.941. The molecule has 0 saturated heterocycles. The molecule has 6 nitrogen and oxygen atoms in total. The number of carbonyl (C=O) groups is 1. The topological polar surface area (TPSA) is 84.5 Å². The molecule has 1 aliphatic rings. The third-order valence-corrected chi connectivity index (χ3v) is 6.16. The maximum atomic E-state index is 12.5. The Balaban J connectivity index is 1.86. The molecule has 0 spiro atoms. The number of hydrogen-bond donors (Lipinski definition) is 2. The summed E-state index contributed by atoms with van der Waals surface area (Å²) >= 11 is 0. The zero-order valence-electron chi connectivity index (χ0n) is 15.7. The number of nitrogens with one attached hydrogen (secondary N) is 2. The lowest BCUT2D eigenvalue weighted by Gasteiger charge is -2.22. The number of carbonyl (C=O) groups excluding carboxylic acids is 1. The Morgan fingerprint density at radius 2 is 1.85 bits per heavy atom. The summed E-state index contributed by atoms with van der Waals surface area (Å²) in [7, 11) is -1.87. The van der Waals surface area contributed by atoms with Gasteiger partial charge in [-0.15, -0.1) is 0 Å². The Bertz CT molecular complexity index is 667. The van der Waals surface area contributed by atoms with E-state index in [1.54, 1.807) is 31.4 Å². The predicted octanol–water partition coefficient (Wildman–Crippen LogP) is 2.38. The lowest BCUT2D eigenvalue weighted by atomic mass is 9.96. The molecule has 1 saturated carbocycles. The smallest absolute Gasteiger partial charge is 0.240 e. The first kappa shape index (κ1) is 20.9. The van der Waals surface area contributed by atoms with E-state index < -0.39 is 10.0 Å². The van der Waals surface area contributed by atoms with Gasteiger partial charge in [-0.25, -0.2) is 13.1 Å². The highest BCUT2D eigenvalue weighted by molar-refractivity contribution is 7.89.